The van der Waals surface area contributed by atoms with Crippen LogP contribution < -0.4 is 4.90 Å². The van der Waals surface area contributed by atoms with Crippen LogP contribution in [0.25, 0.3) is 0 Å². The third-order valence-corrected chi connectivity index (χ3v) is 3.58. The zero-order valence-corrected chi connectivity index (χ0v) is 12.0. The monoisotopic (exact) mass is 279 g/mol. The smallest absolute Gasteiger partial charge is 0.376 e. The summed E-state index contributed by atoms with van der Waals surface area (Å²) in [6.07, 6.45) is 3.92. The van der Waals surface area contributed by atoms with Crippen molar-refractivity contribution in [3.8, 4) is 0 Å². The fourth-order valence-corrected chi connectivity index (χ4v) is 2.65. The average Bonchev–Trinajstić information content (AvgIpc) is 2.91. The fraction of sp³-hybridized carbons (Fsp3) is 0.643. The van der Waals surface area contributed by atoms with Crippen molar-refractivity contribution in [3.05, 3.63) is 17.6 Å². The number of hydrogen-bond donors (Lipinski definition) is 1. The molecule has 1 fully saturated rings. The molecule has 1 aromatic heterocycles. The van der Waals surface area contributed by atoms with Crippen LogP contribution in [0, 0.1) is 6.92 Å². The van der Waals surface area contributed by atoms with Crippen molar-refractivity contribution < 1.29 is 14.6 Å². The van der Waals surface area contributed by atoms with Gasteiger partial charge in [-0.25, -0.2) is 14.8 Å². The first kappa shape index (κ1) is 14.7. The molecule has 0 radical (unpaired) electrons. The van der Waals surface area contributed by atoms with Crippen LogP contribution in [0.3, 0.4) is 0 Å². The van der Waals surface area contributed by atoms with Crippen LogP contribution >= 0.6 is 0 Å². The summed E-state index contributed by atoms with van der Waals surface area (Å²) in [5.74, 6) is 0.370. The Hall–Kier alpha value is -1.69. The minimum atomic E-state index is -0.513. The van der Waals surface area contributed by atoms with Gasteiger partial charge in [0.25, 0.3) is 0 Å². The molecule has 20 heavy (non-hydrogen) atoms. The van der Waals surface area contributed by atoms with E-state index >= 15 is 0 Å². The number of methoxy groups -OCH3 is 1. The van der Waals surface area contributed by atoms with E-state index in [1.165, 1.54) is 7.11 Å². The van der Waals surface area contributed by atoms with Crippen LogP contribution in [0.15, 0.2) is 6.07 Å². The molecule has 2 rings (SSSR count). The number of hydrogen-bond acceptors (Lipinski definition) is 6. The van der Waals surface area contributed by atoms with Gasteiger partial charge in [-0.05, 0) is 32.6 Å². The number of aromatic nitrogens is 2. The molecule has 1 aliphatic rings. The molecule has 1 saturated heterocycles. The Morgan fingerprint density at radius 2 is 2.35 bits per heavy atom. The second-order valence-corrected chi connectivity index (χ2v) is 5.04. The molecule has 0 bridgehead atoms. The van der Waals surface area contributed by atoms with Gasteiger partial charge in [-0.2, -0.15) is 0 Å². The maximum absolute atomic E-state index is 11.6. The number of esters is 1. The highest BCUT2D eigenvalue weighted by molar-refractivity contribution is 5.85. The lowest BCUT2D eigenvalue weighted by atomic mass is 10.1. The number of rotatable bonds is 5. The van der Waals surface area contributed by atoms with Crippen LogP contribution in [0.1, 0.15) is 42.0 Å². The lowest BCUT2D eigenvalue weighted by Gasteiger charge is -2.26. The van der Waals surface area contributed by atoms with E-state index in [4.69, 9.17) is 5.11 Å². The first-order valence-electron chi connectivity index (χ1n) is 6.97. The SMILES string of the molecule is COC(=O)c1nc(C)cc(N2CCCC2CCCO)n1. The molecule has 1 atom stereocenters. The molecule has 2 heterocycles. The van der Waals surface area contributed by atoms with Crippen LogP contribution in [0.4, 0.5) is 5.82 Å². The van der Waals surface area contributed by atoms with E-state index in [1.54, 1.807) is 0 Å². The molecule has 1 unspecified atom stereocenters. The van der Waals surface area contributed by atoms with E-state index in [1.807, 2.05) is 13.0 Å². The quantitative estimate of drug-likeness (QED) is 0.819. The number of aliphatic hydroxyl groups excluding tert-OH is 1. The predicted molar refractivity (Wildman–Crippen MR) is 74.8 cm³/mol. The van der Waals surface area contributed by atoms with Crippen molar-refractivity contribution >= 4 is 11.8 Å². The number of carbonyl (C=O) groups excluding carboxylic acids is 1. The minimum absolute atomic E-state index is 0.107. The zero-order valence-electron chi connectivity index (χ0n) is 12.0. The second-order valence-electron chi connectivity index (χ2n) is 5.04. The Bertz CT molecular complexity index is 479. The number of carbonyl (C=O) groups is 1. The summed E-state index contributed by atoms with van der Waals surface area (Å²) in [5, 5.41) is 8.97. The molecule has 0 aromatic carbocycles. The Labute approximate surface area is 118 Å². The van der Waals surface area contributed by atoms with Gasteiger partial charge in [-0.15, -0.1) is 0 Å². The third-order valence-electron chi connectivity index (χ3n) is 3.58. The Balaban J connectivity index is 2.22. The molecule has 0 saturated carbocycles. The molecule has 0 amide bonds. The van der Waals surface area contributed by atoms with E-state index in [0.29, 0.717) is 6.04 Å². The number of nitrogens with zero attached hydrogens (tertiary/aromatic N) is 3. The number of anilines is 1. The average molecular weight is 279 g/mol. The van der Waals surface area contributed by atoms with E-state index in [-0.39, 0.29) is 12.4 Å². The zero-order chi connectivity index (χ0) is 14.5. The number of ether oxygens (including phenoxy) is 1. The first-order chi connectivity index (χ1) is 9.65. The van der Waals surface area contributed by atoms with Gasteiger partial charge in [0.2, 0.25) is 5.82 Å². The van der Waals surface area contributed by atoms with Crippen LogP contribution in [0.5, 0.6) is 0 Å². The lowest BCUT2D eigenvalue weighted by Crippen LogP contribution is -2.31. The van der Waals surface area contributed by atoms with Gasteiger partial charge < -0.3 is 14.7 Å². The normalized spacial score (nSPS) is 18.4. The summed E-state index contributed by atoms with van der Waals surface area (Å²) in [6.45, 7) is 2.98. The molecule has 6 heteroatoms. The van der Waals surface area contributed by atoms with Gasteiger partial charge in [0, 0.05) is 31.0 Å². The summed E-state index contributed by atoms with van der Waals surface area (Å²) in [5.41, 5.74) is 0.753. The molecule has 1 N–H and O–H groups in total. The minimum Gasteiger partial charge on any atom is -0.463 e. The molecule has 110 valence electrons. The third kappa shape index (κ3) is 3.25. The lowest BCUT2D eigenvalue weighted by molar-refractivity contribution is 0.0586. The van der Waals surface area contributed by atoms with Crippen molar-refractivity contribution in [1.82, 2.24) is 9.97 Å². The van der Waals surface area contributed by atoms with Gasteiger partial charge in [-0.1, -0.05) is 0 Å². The second kappa shape index (κ2) is 6.65. The van der Waals surface area contributed by atoms with Crippen molar-refractivity contribution in [3.63, 3.8) is 0 Å². The van der Waals surface area contributed by atoms with Crippen molar-refractivity contribution in [2.24, 2.45) is 0 Å². The van der Waals surface area contributed by atoms with E-state index in [0.717, 1.165) is 43.7 Å². The van der Waals surface area contributed by atoms with Gasteiger partial charge in [-0.3, -0.25) is 0 Å². The highest BCUT2D eigenvalue weighted by atomic mass is 16.5. The van der Waals surface area contributed by atoms with Gasteiger partial charge >= 0.3 is 5.97 Å². The van der Waals surface area contributed by atoms with Crippen molar-refractivity contribution in [1.29, 1.82) is 0 Å². The summed E-state index contributed by atoms with van der Waals surface area (Å²) in [6, 6.07) is 2.27. The van der Waals surface area contributed by atoms with Gasteiger partial charge in [0.05, 0.1) is 7.11 Å². The maximum Gasteiger partial charge on any atom is 0.376 e. The van der Waals surface area contributed by atoms with E-state index in [9.17, 15) is 4.79 Å². The van der Waals surface area contributed by atoms with E-state index < -0.39 is 5.97 Å². The number of aryl methyl sites for hydroxylation is 1. The number of aliphatic hydroxyl groups is 1. The van der Waals surface area contributed by atoms with E-state index in [2.05, 4.69) is 19.6 Å². The summed E-state index contributed by atoms with van der Waals surface area (Å²) in [7, 11) is 1.33. The molecule has 6 nitrogen and oxygen atoms in total. The molecule has 1 aromatic rings. The predicted octanol–water partition coefficient (Wildman–Crippen LogP) is 1.31. The Morgan fingerprint density at radius 1 is 1.55 bits per heavy atom. The fourth-order valence-electron chi connectivity index (χ4n) is 2.65. The van der Waals surface area contributed by atoms with Crippen LogP contribution in [0.2, 0.25) is 0 Å². The van der Waals surface area contributed by atoms with Crippen molar-refractivity contribution in [2.75, 3.05) is 25.2 Å². The summed E-state index contributed by atoms with van der Waals surface area (Å²) >= 11 is 0. The summed E-state index contributed by atoms with van der Waals surface area (Å²) < 4.78 is 4.69. The largest absolute Gasteiger partial charge is 0.463 e. The molecule has 1 aliphatic heterocycles. The summed E-state index contributed by atoms with van der Waals surface area (Å²) in [4.78, 5) is 22.2. The maximum atomic E-state index is 11.6. The van der Waals surface area contributed by atoms with Crippen LogP contribution in [-0.2, 0) is 4.74 Å². The molecular weight excluding hydrogens is 258 g/mol. The highest BCUT2D eigenvalue weighted by Crippen LogP contribution is 2.27. The topological polar surface area (TPSA) is 75.5 Å². The first-order valence-corrected chi connectivity index (χ1v) is 6.97. The molecule has 0 spiro atoms. The van der Waals surface area contributed by atoms with Crippen molar-refractivity contribution in [2.45, 2.75) is 38.6 Å². The Kier molecular flexibility index (Phi) is 4.89. The standard InChI is InChI=1S/C14H21N3O3/c1-10-9-12(16-13(15-10)14(19)20-2)17-7-3-5-11(17)6-4-8-18/h9,11,18H,3-8H2,1-2H3. The van der Waals surface area contributed by atoms with Gasteiger partial charge in [0.15, 0.2) is 0 Å². The highest BCUT2D eigenvalue weighted by Gasteiger charge is 2.26. The van der Waals surface area contributed by atoms with Gasteiger partial charge in [0.1, 0.15) is 5.82 Å². The van der Waals surface area contributed by atoms with Crippen LogP contribution in [-0.4, -0.2) is 47.3 Å². The molecule has 0 aliphatic carbocycles. The Morgan fingerprint density at radius 3 is 3.05 bits per heavy atom. The molecular formula is C14H21N3O3.